The van der Waals surface area contributed by atoms with Crippen LogP contribution in [-0.4, -0.2) is 41.9 Å². The van der Waals surface area contributed by atoms with Gasteiger partial charge in [0.05, 0.1) is 18.4 Å². The highest BCUT2D eigenvalue weighted by molar-refractivity contribution is 9.10. The number of rotatable bonds is 6. The van der Waals surface area contributed by atoms with Crippen LogP contribution in [0.25, 0.3) is 22.2 Å². The molecule has 3 aromatic heterocycles. The van der Waals surface area contributed by atoms with Crippen molar-refractivity contribution in [2.45, 2.75) is 32.0 Å². The number of halogens is 2. The molecule has 1 atom stereocenters. The van der Waals surface area contributed by atoms with Crippen molar-refractivity contribution in [1.82, 2.24) is 29.4 Å². The number of carbonyl (C=O) groups is 1. The Labute approximate surface area is 224 Å². The van der Waals surface area contributed by atoms with Gasteiger partial charge in [-0.05, 0) is 48.6 Å². The first-order valence-electron chi connectivity index (χ1n) is 11.7. The second-order valence-corrected chi connectivity index (χ2v) is 10.7. The minimum atomic E-state index is -0.0818. The molecular weight excluding hydrogens is 588 g/mol. The normalized spacial score (nSPS) is 15.7. The van der Waals surface area contributed by atoms with Gasteiger partial charge in [0, 0.05) is 32.8 Å². The van der Waals surface area contributed by atoms with Gasteiger partial charge in [-0.2, -0.15) is 0 Å². The topological polar surface area (TPSA) is 82.0 Å². The summed E-state index contributed by atoms with van der Waals surface area (Å²) in [7, 11) is 0. The van der Waals surface area contributed by atoms with E-state index in [4.69, 9.17) is 4.42 Å². The van der Waals surface area contributed by atoms with Crippen molar-refractivity contribution < 1.29 is 9.21 Å². The molecule has 0 saturated carbocycles. The van der Waals surface area contributed by atoms with Crippen LogP contribution >= 0.6 is 31.9 Å². The molecule has 0 bridgehead atoms. The third-order valence-electron chi connectivity index (χ3n) is 6.47. The van der Waals surface area contributed by atoms with Gasteiger partial charge in [-0.15, -0.1) is 5.10 Å². The van der Waals surface area contributed by atoms with Gasteiger partial charge in [-0.25, -0.2) is 9.67 Å². The van der Waals surface area contributed by atoms with E-state index in [0.717, 1.165) is 50.5 Å². The summed E-state index contributed by atoms with van der Waals surface area (Å²) in [6.07, 6.45) is 7.39. The van der Waals surface area contributed by atoms with Crippen LogP contribution in [0.3, 0.4) is 0 Å². The zero-order valence-corrected chi connectivity index (χ0v) is 22.4. The zero-order chi connectivity index (χ0) is 24.6. The molecule has 0 radical (unpaired) electrons. The summed E-state index contributed by atoms with van der Waals surface area (Å²) in [5.41, 5.74) is 2.78. The summed E-state index contributed by atoms with van der Waals surface area (Å²) in [4.78, 5) is 19.6. The molecule has 1 aliphatic heterocycles. The summed E-state index contributed by atoms with van der Waals surface area (Å²) >= 11 is 7.01. The van der Waals surface area contributed by atoms with Gasteiger partial charge in [-0.3, -0.25) is 4.79 Å². The molecule has 1 saturated heterocycles. The quantitative estimate of drug-likeness (QED) is 0.242. The lowest BCUT2D eigenvalue weighted by molar-refractivity contribution is -0.132. The van der Waals surface area contributed by atoms with Crippen LogP contribution in [0.1, 0.15) is 30.5 Å². The van der Waals surface area contributed by atoms with E-state index in [2.05, 4.69) is 47.2 Å². The van der Waals surface area contributed by atoms with Crippen LogP contribution in [0.15, 0.2) is 80.5 Å². The van der Waals surface area contributed by atoms with Gasteiger partial charge in [0.15, 0.2) is 5.76 Å². The fraction of sp³-hybridized carbons (Fsp3) is 0.231. The molecule has 182 valence electrons. The molecule has 1 amide bonds. The zero-order valence-electron chi connectivity index (χ0n) is 19.2. The lowest BCUT2D eigenvalue weighted by atomic mass is 10.1. The van der Waals surface area contributed by atoms with Crippen LogP contribution < -0.4 is 0 Å². The van der Waals surface area contributed by atoms with E-state index in [9.17, 15) is 4.79 Å². The number of fused-ring (bicyclic) bond motifs is 1. The number of benzene rings is 2. The minimum Gasteiger partial charge on any atom is -0.439 e. The van der Waals surface area contributed by atoms with Gasteiger partial charge < -0.3 is 13.9 Å². The Morgan fingerprint density at radius 2 is 2.00 bits per heavy atom. The standard InChI is InChI=1S/C26H22Br2N6O2/c27-19-4-1-3-18(11-19)24-13-29-25(36-24)15-33-14-21(30-31-33)22-5-2-9-34(22)26(35)16-32-10-8-17-6-7-20(28)12-23(17)32/h1,3-4,6-8,10-14,22H,2,5,9,15-16H2. The second-order valence-electron chi connectivity index (χ2n) is 8.86. The lowest BCUT2D eigenvalue weighted by Gasteiger charge is -2.23. The Bertz CT molecular complexity index is 1550. The third kappa shape index (κ3) is 4.62. The maximum absolute atomic E-state index is 13.3. The first-order valence-corrected chi connectivity index (χ1v) is 13.3. The maximum atomic E-state index is 13.3. The first kappa shape index (κ1) is 23.2. The molecule has 1 fully saturated rings. The fourth-order valence-corrected chi connectivity index (χ4v) is 5.49. The summed E-state index contributed by atoms with van der Waals surface area (Å²) in [6, 6.07) is 15.9. The number of aromatic nitrogens is 5. The third-order valence-corrected chi connectivity index (χ3v) is 7.46. The van der Waals surface area contributed by atoms with Gasteiger partial charge in [0.2, 0.25) is 11.8 Å². The van der Waals surface area contributed by atoms with Crippen molar-refractivity contribution in [3.63, 3.8) is 0 Å². The number of amides is 1. The van der Waals surface area contributed by atoms with Crippen molar-refractivity contribution in [2.24, 2.45) is 0 Å². The molecule has 6 rings (SSSR count). The van der Waals surface area contributed by atoms with Crippen LogP contribution in [-0.2, 0) is 17.9 Å². The molecule has 0 N–H and O–H groups in total. The Morgan fingerprint density at radius 1 is 1.11 bits per heavy atom. The smallest absolute Gasteiger partial charge is 0.243 e. The molecule has 36 heavy (non-hydrogen) atoms. The van der Waals surface area contributed by atoms with Gasteiger partial charge in [0.25, 0.3) is 0 Å². The Hall–Kier alpha value is -3.24. The summed E-state index contributed by atoms with van der Waals surface area (Å²) in [5, 5.41) is 9.79. The largest absolute Gasteiger partial charge is 0.439 e. The molecule has 0 aliphatic carbocycles. The van der Waals surface area contributed by atoms with E-state index in [0.29, 0.717) is 24.7 Å². The molecule has 1 unspecified atom stereocenters. The molecule has 8 nitrogen and oxygen atoms in total. The predicted octanol–water partition coefficient (Wildman–Crippen LogP) is 5.82. The molecule has 5 aromatic rings. The van der Waals surface area contributed by atoms with E-state index < -0.39 is 0 Å². The van der Waals surface area contributed by atoms with Crippen LogP contribution in [0.2, 0.25) is 0 Å². The average molecular weight is 610 g/mol. The number of oxazole rings is 1. The van der Waals surface area contributed by atoms with Crippen LogP contribution in [0.5, 0.6) is 0 Å². The molecule has 1 aliphatic rings. The van der Waals surface area contributed by atoms with Crippen molar-refractivity contribution in [3.05, 3.63) is 87.7 Å². The van der Waals surface area contributed by atoms with Gasteiger partial charge >= 0.3 is 0 Å². The van der Waals surface area contributed by atoms with Crippen molar-refractivity contribution >= 4 is 48.7 Å². The van der Waals surface area contributed by atoms with E-state index in [1.165, 1.54) is 0 Å². The summed E-state index contributed by atoms with van der Waals surface area (Å²) in [6.45, 7) is 1.38. The summed E-state index contributed by atoms with van der Waals surface area (Å²) in [5.74, 6) is 1.33. The number of likely N-dealkylation sites (tertiary alicyclic amines) is 1. The first-order chi connectivity index (χ1) is 17.5. The van der Waals surface area contributed by atoms with Crippen molar-refractivity contribution in [1.29, 1.82) is 0 Å². The van der Waals surface area contributed by atoms with E-state index in [1.807, 2.05) is 70.4 Å². The average Bonchev–Trinajstić information content (AvgIpc) is 3.67. The monoisotopic (exact) mass is 608 g/mol. The van der Waals surface area contributed by atoms with Crippen LogP contribution in [0.4, 0.5) is 0 Å². The van der Waals surface area contributed by atoms with Crippen molar-refractivity contribution in [2.75, 3.05) is 6.54 Å². The Morgan fingerprint density at radius 3 is 2.89 bits per heavy atom. The molecular formula is C26H22Br2N6O2. The van der Waals surface area contributed by atoms with E-state index >= 15 is 0 Å². The Balaban J connectivity index is 1.15. The number of hydrogen-bond acceptors (Lipinski definition) is 5. The summed E-state index contributed by atoms with van der Waals surface area (Å²) < 4.78 is 11.6. The number of nitrogens with zero attached hydrogens (tertiary/aromatic N) is 6. The lowest BCUT2D eigenvalue weighted by Crippen LogP contribution is -2.33. The SMILES string of the molecule is O=C(Cn1ccc2ccc(Br)cc21)N1CCCC1c1cn(Cc2ncc(-c3cccc(Br)c3)o2)nn1. The predicted molar refractivity (Wildman–Crippen MR) is 142 cm³/mol. The highest BCUT2D eigenvalue weighted by Crippen LogP contribution is 2.31. The van der Waals surface area contributed by atoms with Crippen LogP contribution in [0, 0.1) is 0 Å². The fourth-order valence-electron chi connectivity index (χ4n) is 4.74. The van der Waals surface area contributed by atoms with Gasteiger partial charge in [0.1, 0.15) is 18.8 Å². The highest BCUT2D eigenvalue weighted by Gasteiger charge is 2.32. The Kier molecular flexibility index (Phi) is 6.22. The number of carbonyl (C=O) groups excluding carboxylic acids is 1. The molecule has 4 heterocycles. The second kappa shape index (κ2) is 9.67. The highest BCUT2D eigenvalue weighted by atomic mass is 79.9. The maximum Gasteiger partial charge on any atom is 0.243 e. The minimum absolute atomic E-state index is 0.0795. The molecule has 2 aromatic carbocycles. The number of hydrogen-bond donors (Lipinski definition) is 0. The van der Waals surface area contributed by atoms with E-state index in [-0.39, 0.29) is 11.9 Å². The molecule has 0 spiro atoms. The van der Waals surface area contributed by atoms with Crippen molar-refractivity contribution in [3.8, 4) is 11.3 Å². The molecule has 10 heteroatoms. The van der Waals surface area contributed by atoms with Gasteiger partial charge in [-0.1, -0.05) is 55.3 Å². The van der Waals surface area contributed by atoms with E-state index in [1.54, 1.807) is 10.9 Å².